The summed E-state index contributed by atoms with van der Waals surface area (Å²) in [6, 6.07) is 15.8. The van der Waals surface area contributed by atoms with Gasteiger partial charge in [-0.3, -0.25) is 4.79 Å². The number of carbonyl (C=O) groups excluding carboxylic acids is 1. The third-order valence-electron chi connectivity index (χ3n) is 5.37. The zero-order valence-corrected chi connectivity index (χ0v) is 21.9. The van der Waals surface area contributed by atoms with Crippen LogP contribution in [-0.2, 0) is 11.3 Å². The van der Waals surface area contributed by atoms with Gasteiger partial charge in [0.2, 0.25) is 5.91 Å². The molecule has 2 aromatic rings. The fraction of sp³-hybridized carbons (Fsp3) is 0.417. The lowest BCUT2D eigenvalue weighted by molar-refractivity contribution is -0.119. The van der Waals surface area contributed by atoms with Crippen molar-refractivity contribution in [3.05, 3.63) is 54.1 Å². The smallest absolute Gasteiger partial charge is 0.242 e. The fourth-order valence-electron chi connectivity index (χ4n) is 3.54. The molecular weight excluding hydrogens is 533 g/mol. The SMILES string of the molecule is CCNC(=NCC(=O)NCc1ccc(OC)cc1)N1CCN(c2ccc(OC)cc2)CC1.I. The van der Waals surface area contributed by atoms with E-state index in [-0.39, 0.29) is 36.4 Å². The normalized spacial score (nSPS) is 13.7. The number of carbonyl (C=O) groups is 1. The second kappa shape index (κ2) is 13.8. The first-order valence-corrected chi connectivity index (χ1v) is 10.9. The van der Waals surface area contributed by atoms with Gasteiger partial charge in [0.25, 0.3) is 0 Å². The maximum absolute atomic E-state index is 12.3. The van der Waals surface area contributed by atoms with E-state index in [1.807, 2.05) is 43.3 Å². The molecule has 1 saturated heterocycles. The standard InChI is InChI=1S/C24H33N5O3.HI/c1-4-25-24(27-18-23(30)26-17-19-5-9-21(31-2)10-6-19)29-15-13-28(14-16-29)20-7-11-22(32-3)12-8-20;/h5-12H,4,13-18H2,1-3H3,(H,25,27)(H,26,30);1H. The largest absolute Gasteiger partial charge is 0.497 e. The maximum Gasteiger partial charge on any atom is 0.242 e. The minimum atomic E-state index is -0.104. The number of methoxy groups -OCH3 is 2. The third kappa shape index (κ3) is 7.99. The highest BCUT2D eigenvalue weighted by Crippen LogP contribution is 2.20. The number of amides is 1. The highest BCUT2D eigenvalue weighted by atomic mass is 127. The fourth-order valence-corrected chi connectivity index (χ4v) is 3.54. The van der Waals surface area contributed by atoms with E-state index in [4.69, 9.17) is 9.47 Å². The van der Waals surface area contributed by atoms with Gasteiger partial charge in [0, 0.05) is 45.0 Å². The molecule has 2 N–H and O–H groups in total. The van der Waals surface area contributed by atoms with Gasteiger partial charge < -0.3 is 29.9 Å². The minimum Gasteiger partial charge on any atom is -0.497 e. The molecule has 1 fully saturated rings. The first-order valence-electron chi connectivity index (χ1n) is 10.9. The molecule has 0 radical (unpaired) electrons. The molecule has 1 amide bonds. The summed E-state index contributed by atoms with van der Waals surface area (Å²) in [5.74, 6) is 2.33. The quantitative estimate of drug-likeness (QED) is 0.290. The number of halogens is 1. The maximum atomic E-state index is 12.3. The minimum absolute atomic E-state index is 0. The lowest BCUT2D eigenvalue weighted by Gasteiger charge is -2.37. The zero-order valence-electron chi connectivity index (χ0n) is 19.5. The van der Waals surface area contributed by atoms with Gasteiger partial charge in [-0.05, 0) is 48.9 Å². The second-order valence-corrected chi connectivity index (χ2v) is 7.47. The molecule has 0 saturated carbocycles. The van der Waals surface area contributed by atoms with Gasteiger partial charge in [0.15, 0.2) is 5.96 Å². The molecule has 0 aliphatic carbocycles. The molecule has 2 aromatic carbocycles. The summed E-state index contributed by atoms with van der Waals surface area (Å²) in [7, 11) is 3.31. The van der Waals surface area contributed by atoms with Crippen LogP contribution < -0.4 is 25.0 Å². The number of ether oxygens (including phenoxy) is 2. The molecule has 3 rings (SSSR count). The molecule has 0 atom stereocenters. The molecule has 1 heterocycles. The summed E-state index contributed by atoms with van der Waals surface area (Å²) in [6.45, 7) is 6.81. The van der Waals surface area contributed by atoms with Crippen LogP contribution >= 0.6 is 24.0 Å². The van der Waals surface area contributed by atoms with Crippen molar-refractivity contribution in [3.63, 3.8) is 0 Å². The number of benzene rings is 2. The number of anilines is 1. The average Bonchev–Trinajstić information content (AvgIpc) is 2.85. The summed E-state index contributed by atoms with van der Waals surface area (Å²) < 4.78 is 10.4. The molecule has 9 heteroatoms. The lowest BCUT2D eigenvalue weighted by Crippen LogP contribution is -2.52. The number of nitrogens with zero attached hydrogens (tertiary/aromatic N) is 3. The van der Waals surface area contributed by atoms with E-state index in [9.17, 15) is 4.79 Å². The van der Waals surface area contributed by atoms with Crippen LogP contribution in [0, 0.1) is 0 Å². The van der Waals surface area contributed by atoms with Gasteiger partial charge in [-0.2, -0.15) is 0 Å². The average molecular weight is 567 g/mol. The van der Waals surface area contributed by atoms with Crippen molar-refractivity contribution in [2.75, 3.05) is 58.4 Å². The van der Waals surface area contributed by atoms with Crippen LogP contribution in [-0.4, -0.2) is 70.3 Å². The van der Waals surface area contributed by atoms with Crippen molar-refractivity contribution in [2.24, 2.45) is 4.99 Å². The Balaban J connectivity index is 0.00000385. The topological polar surface area (TPSA) is 78.4 Å². The van der Waals surface area contributed by atoms with Crippen LogP contribution in [0.25, 0.3) is 0 Å². The highest BCUT2D eigenvalue weighted by Gasteiger charge is 2.20. The molecular formula is C24H34IN5O3. The first kappa shape index (κ1) is 26.6. The van der Waals surface area contributed by atoms with E-state index in [1.54, 1.807) is 14.2 Å². The van der Waals surface area contributed by atoms with E-state index >= 15 is 0 Å². The molecule has 8 nitrogen and oxygen atoms in total. The van der Waals surface area contributed by atoms with Crippen LogP contribution in [0.5, 0.6) is 11.5 Å². The Morgan fingerprint density at radius 1 is 0.909 bits per heavy atom. The van der Waals surface area contributed by atoms with Crippen molar-refractivity contribution < 1.29 is 14.3 Å². The van der Waals surface area contributed by atoms with Crippen molar-refractivity contribution in [1.82, 2.24) is 15.5 Å². The summed E-state index contributed by atoms with van der Waals surface area (Å²) in [6.07, 6.45) is 0. The van der Waals surface area contributed by atoms with Crippen molar-refractivity contribution in [1.29, 1.82) is 0 Å². The lowest BCUT2D eigenvalue weighted by atomic mass is 10.2. The molecule has 1 aliphatic heterocycles. The van der Waals surface area contributed by atoms with Crippen LogP contribution in [0.1, 0.15) is 12.5 Å². The summed E-state index contributed by atoms with van der Waals surface area (Å²) in [4.78, 5) is 21.4. The van der Waals surface area contributed by atoms with Crippen LogP contribution in [0.3, 0.4) is 0 Å². The molecule has 0 unspecified atom stereocenters. The number of aliphatic imine (C=N–C) groups is 1. The Kier molecular flexibility index (Phi) is 11.1. The Morgan fingerprint density at radius 2 is 1.48 bits per heavy atom. The predicted octanol–water partition coefficient (Wildman–Crippen LogP) is 2.73. The number of hydrogen-bond acceptors (Lipinski definition) is 5. The van der Waals surface area contributed by atoms with E-state index in [1.165, 1.54) is 5.69 Å². The van der Waals surface area contributed by atoms with E-state index in [0.29, 0.717) is 6.54 Å². The van der Waals surface area contributed by atoms with Gasteiger partial charge in [-0.25, -0.2) is 4.99 Å². The number of guanidine groups is 1. The molecule has 33 heavy (non-hydrogen) atoms. The summed E-state index contributed by atoms with van der Waals surface area (Å²) >= 11 is 0. The van der Waals surface area contributed by atoms with Gasteiger partial charge in [-0.1, -0.05) is 12.1 Å². The number of rotatable bonds is 8. The molecule has 0 spiro atoms. The molecule has 0 bridgehead atoms. The van der Waals surface area contributed by atoms with Gasteiger partial charge >= 0.3 is 0 Å². The Labute approximate surface area is 213 Å². The van der Waals surface area contributed by atoms with Crippen molar-refractivity contribution >= 4 is 41.5 Å². The zero-order chi connectivity index (χ0) is 22.8. The molecule has 180 valence electrons. The first-order chi connectivity index (χ1) is 15.6. The highest BCUT2D eigenvalue weighted by molar-refractivity contribution is 14.0. The van der Waals surface area contributed by atoms with E-state index < -0.39 is 0 Å². The molecule has 0 aromatic heterocycles. The van der Waals surface area contributed by atoms with Gasteiger partial charge in [0.1, 0.15) is 18.0 Å². The van der Waals surface area contributed by atoms with E-state index in [2.05, 4.69) is 37.6 Å². The number of piperazine rings is 1. The van der Waals surface area contributed by atoms with E-state index in [0.717, 1.165) is 55.7 Å². The van der Waals surface area contributed by atoms with Crippen LogP contribution in [0.15, 0.2) is 53.5 Å². The predicted molar refractivity (Wildman–Crippen MR) is 143 cm³/mol. The Hall–Kier alpha value is -2.69. The Bertz CT molecular complexity index is 882. The van der Waals surface area contributed by atoms with Crippen molar-refractivity contribution in [3.8, 4) is 11.5 Å². The third-order valence-corrected chi connectivity index (χ3v) is 5.37. The monoisotopic (exact) mass is 567 g/mol. The summed E-state index contributed by atoms with van der Waals surface area (Å²) in [5.41, 5.74) is 2.20. The number of nitrogens with one attached hydrogen (secondary N) is 2. The van der Waals surface area contributed by atoms with Gasteiger partial charge in [0.05, 0.1) is 14.2 Å². The second-order valence-electron chi connectivity index (χ2n) is 7.47. The van der Waals surface area contributed by atoms with Gasteiger partial charge in [-0.15, -0.1) is 24.0 Å². The Morgan fingerprint density at radius 3 is 2.03 bits per heavy atom. The molecule has 1 aliphatic rings. The van der Waals surface area contributed by atoms with Crippen LogP contribution in [0.4, 0.5) is 5.69 Å². The number of hydrogen-bond donors (Lipinski definition) is 2. The van der Waals surface area contributed by atoms with Crippen molar-refractivity contribution in [2.45, 2.75) is 13.5 Å². The van der Waals surface area contributed by atoms with Crippen LogP contribution in [0.2, 0.25) is 0 Å². The summed E-state index contributed by atoms with van der Waals surface area (Å²) in [5, 5.41) is 6.23.